The number of nitrogens with one attached hydrogen (secondary N) is 1. The summed E-state index contributed by atoms with van der Waals surface area (Å²) in [6, 6.07) is 8.03. The number of imidazole rings is 1. The smallest absolute Gasteiger partial charge is 0.208 e. The third kappa shape index (κ3) is 3.71. The van der Waals surface area contributed by atoms with Crippen LogP contribution in [0.15, 0.2) is 35.4 Å². The summed E-state index contributed by atoms with van der Waals surface area (Å²) in [4.78, 5) is 4.35. The largest absolute Gasteiger partial charge is 0.494 e. The molecule has 134 valence electrons. The molecule has 0 spiro atoms. The van der Waals surface area contributed by atoms with E-state index in [0.29, 0.717) is 11.4 Å². The zero-order chi connectivity index (χ0) is 18.2. The Bertz CT molecular complexity index is 1010. The van der Waals surface area contributed by atoms with Gasteiger partial charge in [0.25, 0.3) is 0 Å². The van der Waals surface area contributed by atoms with Crippen molar-refractivity contribution in [3.8, 4) is 17.6 Å². The highest BCUT2D eigenvalue weighted by Crippen LogP contribution is 2.33. The quantitative estimate of drug-likeness (QED) is 0.428. The second-order valence-corrected chi connectivity index (χ2v) is 8.49. The molecule has 3 aromatic rings. The molecule has 0 aliphatic heterocycles. The van der Waals surface area contributed by atoms with Gasteiger partial charge in [-0.3, -0.25) is 4.40 Å². The van der Waals surface area contributed by atoms with Crippen molar-refractivity contribution in [3.63, 3.8) is 0 Å². The van der Waals surface area contributed by atoms with E-state index in [0.717, 1.165) is 15.8 Å². The van der Waals surface area contributed by atoms with Crippen molar-refractivity contribution in [3.05, 3.63) is 35.5 Å². The lowest BCUT2D eigenvalue weighted by atomic mass is 10.5. The molecule has 0 atom stereocenters. The van der Waals surface area contributed by atoms with Gasteiger partial charge in [0.05, 0.1) is 11.3 Å². The number of thioether (sulfide) groups is 1. The molecule has 3 rings (SSSR count). The first-order valence-electron chi connectivity index (χ1n) is 7.12. The highest BCUT2D eigenvalue weighted by atomic mass is 35.5. The van der Waals surface area contributed by atoms with Crippen molar-refractivity contribution in [2.24, 2.45) is 0 Å². The molecule has 0 fully saturated rings. The molecule has 0 saturated carbocycles. The number of nitrogens with zero attached hydrogens (tertiary/aromatic N) is 3. The van der Waals surface area contributed by atoms with Gasteiger partial charge in [-0.25, -0.2) is 22.7 Å². The first-order chi connectivity index (χ1) is 11.8. The van der Waals surface area contributed by atoms with Crippen molar-refractivity contribution in [1.82, 2.24) is 18.7 Å². The molecule has 0 unspecified atom stereocenters. The molecule has 0 bridgehead atoms. The van der Waals surface area contributed by atoms with Gasteiger partial charge in [-0.15, -0.1) is 11.8 Å². The third-order valence-corrected chi connectivity index (χ3v) is 5.39. The number of fused-ring (bicyclic) bond motifs is 1. The zero-order valence-corrected chi connectivity index (χ0v) is 15.4. The van der Waals surface area contributed by atoms with Gasteiger partial charge < -0.3 is 10.2 Å². The summed E-state index contributed by atoms with van der Waals surface area (Å²) >= 11 is 7.82. The van der Waals surface area contributed by atoms with Crippen LogP contribution in [-0.4, -0.2) is 51.1 Å². The molecule has 0 aliphatic carbocycles. The van der Waals surface area contributed by atoms with Gasteiger partial charge in [0.15, 0.2) is 22.7 Å². The minimum atomic E-state index is -3.23. The van der Waals surface area contributed by atoms with E-state index in [4.69, 9.17) is 11.6 Å². The van der Waals surface area contributed by atoms with Crippen LogP contribution in [0, 0.1) is 0 Å². The number of sulfonamides is 1. The average Bonchev–Trinajstić information content (AvgIpc) is 3.03. The molecule has 11 heteroatoms. The normalized spacial score (nSPS) is 12.1. The van der Waals surface area contributed by atoms with Crippen LogP contribution < -0.4 is 4.72 Å². The number of halogens is 1. The van der Waals surface area contributed by atoms with Gasteiger partial charge in [-0.1, -0.05) is 17.7 Å². The van der Waals surface area contributed by atoms with Gasteiger partial charge in [-0.05, 0) is 12.1 Å². The SMILES string of the molecule is CS(=O)(=O)NCCSc1cccc2nc(-n3c(O)ccc3O)c(Cl)n12. The number of rotatable bonds is 6. The van der Waals surface area contributed by atoms with E-state index < -0.39 is 10.0 Å². The maximum atomic E-state index is 11.1. The van der Waals surface area contributed by atoms with Crippen molar-refractivity contribution in [2.75, 3.05) is 18.6 Å². The Morgan fingerprint density at radius 2 is 1.92 bits per heavy atom. The van der Waals surface area contributed by atoms with E-state index in [2.05, 4.69) is 9.71 Å². The third-order valence-electron chi connectivity index (χ3n) is 3.30. The zero-order valence-electron chi connectivity index (χ0n) is 13.0. The summed E-state index contributed by atoms with van der Waals surface area (Å²) in [5.41, 5.74) is 0.536. The molecule has 0 saturated heterocycles. The molecule has 8 nitrogen and oxygen atoms in total. The van der Waals surface area contributed by atoms with Gasteiger partial charge in [0.1, 0.15) is 5.65 Å². The van der Waals surface area contributed by atoms with E-state index in [9.17, 15) is 18.6 Å². The van der Waals surface area contributed by atoms with Gasteiger partial charge in [-0.2, -0.15) is 0 Å². The fourth-order valence-electron chi connectivity index (χ4n) is 2.29. The van der Waals surface area contributed by atoms with Crippen molar-refractivity contribution in [1.29, 1.82) is 0 Å². The molecule has 0 aliphatic rings. The van der Waals surface area contributed by atoms with Crippen molar-refractivity contribution in [2.45, 2.75) is 5.03 Å². The predicted molar refractivity (Wildman–Crippen MR) is 96.4 cm³/mol. The highest BCUT2D eigenvalue weighted by Gasteiger charge is 2.19. The van der Waals surface area contributed by atoms with Crippen molar-refractivity contribution < 1.29 is 18.6 Å². The summed E-state index contributed by atoms with van der Waals surface area (Å²) in [6.07, 6.45) is 1.10. The van der Waals surface area contributed by atoms with Gasteiger partial charge in [0, 0.05) is 24.4 Å². The lowest BCUT2D eigenvalue weighted by Gasteiger charge is -2.07. The van der Waals surface area contributed by atoms with Crippen LogP contribution in [0.5, 0.6) is 11.8 Å². The first kappa shape index (κ1) is 17.9. The minimum Gasteiger partial charge on any atom is -0.494 e. The topological polar surface area (TPSA) is 109 Å². The van der Waals surface area contributed by atoms with Crippen LogP contribution in [0.25, 0.3) is 11.5 Å². The second kappa shape index (κ2) is 6.79. The molecule has 0 amide bonds. The van der Waals surface area contributed by atoms with E-state index in [-0.39, 0.29) is 29.3 Å². The number of pyridine rings is 1. The molecular weight excluding hydrogens is 388 g/mol. The maximum absolute atomic E-state index is 11.1. The predicted octanol–water partition coefficient (Wildman–Crippen LogP) is 1.83. The summed E-state index contributed by atoms with van der Waals surface area (Å²) in [6.45, 7) is 0.276. The van der Waals surface area contributed by atoms with Crippen LogP contribution in [0.1, 0.15) is 0 Å². The Morgan fingerprint density at radius 1 is 1.24 bits per heavy atom. The molecule has 25 heavy (non-hydrogen) atoms. The number of aromatic nitrogens is 3. The van der Waals surface area contributed by atoms with E-state index in [1.54, 1.807) is 16.5 Å². The number of hydrogen-bond donors (Lipinski definition) is 3. The second-order valence-electron chi connectivity index (χ2n) is 5.18. The fraction of sp³-hybridized carbons (Fsp3) is 0.214. The molecular formula is C14H15ClN4O4S2. The summed E-state index contributed by atoms with van der Waals surface area (Å²) in [7, 11) is -3.23. The summed E-state index contributed by atoms with van der Waals surface area (Å²) < 4.78 is 27.4. The Morgan fingerprint density at radius 3 is 2.56 bits per heavy atom. The van der Waals surface area contributed by atoms with Crippen molar-refractivity contribution >= 4 is 39.0 Å². The van der Waals surface area contributed by atoms with Crippen LogP contribution in [-0.2, 0) is 10.0 Å². The van der Waals surface area contributed by atoms with E-state index in [1.807, 2.05) is 6.07 Å². The van der Waals surface area contributed by atoms with E-state index in [1.165, 1.54) is 23.9 Å². The first-order valence-corrected chi connectivity index (χ1v) is 10.4. The monoisotopic (exact) mass is 402 g/mol. The summed E-state index contributed by atoms with van der Waals surface area (Å²) in [5.74, 6) is 0.323. The van der Waals surface area contributed by atoms with Gasteiger partial charge in [0.2, 0.25) is 10.0 Å². The Kier molecular flexibility index (Phi) is 4.87. The Hall–Kier alpha value is -1.88. The lowest BCUT2D eigenvalue weighted by Crippen LogP contribution is -2.24. The minimum absolute atomic E-state index is 0.186. The molecule has 0 aromatic carbocycles. The molecule has 3 heterocycles. The van der Waals surface area contributed by atoms with Crippen LogP contribution in [0.3, 0.4) is 0 Å². The molecule has 3 N–H and O–H groups in total. The van der Waals surface area contributed by atoms with Crippen LogP contribution in [0.2, 0.25) is 5.15 Å². The Balaban J connectivity index is 1.94. The number of hydrogen-bond acceptors (Lipinski definition) is 6. The average molecular weight is 403 g/mol. The Labute approximate surface area is 153 Å². The standard InChI is InChI=1S/C14H15ClN4O4S2/c1-25(22,23)16-7-8-24-12-4-2-3-9-17-14(13(15)18(9)12)19-10(20)5-6-11(19)21/h2-6,16,20-21H,7-8H2,1H3. The van der Waals surface area contributed by atoms with Gasteiger partial charge >= 0.3 is 0 Å². The lowest BCUT2D eigenvalue weighted by molar-refractivity contribution is 0.401. The fourth-order valence-corrected chi connectivity index (χ4v) is 4.15. The number of aromatic hydroxyl groups is 2. The van der Waals surface area contributed by atoms with Crippen LogP contribution >= 0.6 is 23.4 Å². The highest BCUT2D eigenvalue weighted by molar-refractivity contribution is 7.99. The maximum Gasteiger partial charge on any atom is 0.208 e. The van der Waals surface area contributed by atoms with E-state index >= 15 is 0 Å². The molecule has 3 aromatic heterocycles. The van der Waals surface area contributed by atoms with Crippen LogP contribution in [0.4, 0.5) is 0 Å². The summed E-state index contributed by atoms with van der Waals surface area (Å²) in [5, 5.41) is 20.7. The molecule has 0 radical (unpaired) electrons.